The summed E-state index contributed by atoms with van der Waals surface area (Å²) in [6.45, 7) is 13.4. The van der Waals surface area contributed by atoms with Crippen LogP contribution >= 0.6 is 0 Å². The van der Waals surface area contributed by atoms with Crippen molar-refractivity contribution in [3.63, 3.8) is 0 Å². The van der Waals surface area contributed by atoms with E-state index in [9.17, 15) is 0 Å². The van der Waals surface area contributed by atoms with Gasteiger partial charge in [0, 0.05) is 0 Å². The van der Waals surface area contributed by atoms with Crippen molar-refractivity contribution in [1.29, 1.82) is 0 Å². The van der Waals surface area contributed by atoms with Gasteiger partial charge in [-0.05, 0) is 355 Å². The predicted octanol–water partition coefficient (Wildman–Crippen LogP) is 27.7. The van der Waals surface area contributed by atoms with Crippen molar-refractivity contribution < 1.29 is 0 Å². The first kappa shape index (κ1) is 55.9. The van der Waals surface area contributed by atoms with Gasteiger partial charge in [-0.15, -0.1) is 0 Å². The SMILES string of the molecule is Cc1c2ccccc2c(C)c2c3cc4ccccc4cc3c3cc4ccccc4cc3c12.Cc1ccc(C)c2cc3c4cc5ccccc5cc4c4cc5ccccc5cc4c3cc12.Cc1ccc2cc3c4cc5ccc(C)cc5cc4c4cc5ccccc5cc4c3cc2c1. The van der Waals surface area contributed by atoms with Crippen LogP contribution in [0.2, 0.25) is 0 Å². The monoisotopic (exact) mass is 1220 g/mol. The van der Waals surface area contributed by atoms with Gasteiger partial charge < -0.3 is 0 Å². The third kappa shape index (κ3) is 8.75. The van der Waals surface area contributed by atoms with E-state index in [1.807, 2.05) is 0 Å². The summed E-state index contributed by atoms with van der Waals surface area (Å²) < 4.78 is 0. The van der Waals surface area contributed by atoms with E-state index in [0.717, 1.165) is 0 Å². The average Bonchev–Trinajstić information content (AvgIpc) is 0.674. The van der Waals surface area contributed by atoms with E-state index in [-0.39, 0.29) is 0 Å². The summed E-state index contributed by atoms with van der Waals surface area (Å²) in [5.41, 5.74) is 8.01. The zero-order valence-corrected chi connectivity index (χ0v) is 54.7. The van der Waals surface area contributed by atoms with E-state index in [2.05, 4.69) is 333 Å². The number of hydrogen-bond acceptors (Lipinski definition) is 0. The van der Waals surface area contributed by atoms with Gasteiger partial charge >= 0.3 is 0 Å². The molecule has 0 bridgehead atoms. The molecule has 0 aromatic heterocycles. The molecule has 0 radical (unpaired) electrons. The van der Waals surface area contributed by atoms with Crippen LogP contribution in [-0.2, 0) is 0 Å². The van der Waals surface area contributed by atoms with E-state index >= 15 is 0 Å². The fourth-order valence-electron chi connectivity index (χ4n) is 16.7. The molecule has 450 valence electrons. The first-order valence-corrected chi connectivity index (χ1v) is 33.8. The molecule has 0 aliphatic rings. The predicted molar refractivity (Wildman–Crippen MR) is 423 cm³/mol. The number of rotatable bonds is 0. The molecule has 0 fully saturated rings. The molecule has 21 rings (SSSR count). The molecule has 0 heteroatoms. The standard InChI is InChI=1S/3C32H22/c1-19-25-13-7-8-14-26(25)20(2)32-30-18-24-12-6-4-10-22(24)16-28(30)27-15-21-9-3-5-11-23(21)17-29(27)31(19)32;1-19-11-12-20(2)26-18-32-30-16-24-10-6-4-8-22(24)14-28(30)27-13-21-7-3-5-9-23(21)15-29(27)31(32)17-25(19)26;1-19-7-9-23-15-29-30-16-24-10-8-20(2)12-26(24)18-32(30)28-14-22-6-4-3-5-21(22)13-27(28)31(29)17-25(23)11-19/h3*3-18H,1-2H3. The number of aryl methyl sites for hydroxylation is 6. The van der Waals surface area contributed by atoms with Gasteiger partial charge in [0.1, 0.15) is 0 Å². The Morgan fingerprint density at radius 1 is 0.135 bits per heavy atom. The highest BCUT2D eigenvalue weighted by molar-refractivity contribution is 6.35. The van der Waals surface area contributed by atoms with Crippen LogP contribution in [0.15, 0.2) is 291 Å². The zero-order chi connectivity index (χ0) is 64.2. The summed E-state index contributed by atoms with van der Waals surface area (Å²) in [6, 6.07) is 109. The van der Waals surface area contributed by atoms with Crippen LogP contribution in [0, 0.1) is 41.5 Å². The van der Waals surface area contributed by atoms with Gasteiger partial charge in [-0.2, -0.15) is 0 Å². The highest BCUT2D eigenvalue weighted by Crippen LogP contribution is 2.47. The molecule has 0 aliphatic carbocycles. The Bertz CT molecular complexity index is 6520. The van der Waals surface area contributed by atoms with E-state index in [4.69, 9.17) is 0 Å². The van der Waals surface area contributed by atoms with Crippen LogP contribution in [0.1, 0.15) is 33.4 Å². The Balaban J connectivity index is 0.000000102. The molecule has 0 unspecified atom stereocenters. The maximum absolute atomic E-state index is 2.43. The molecule has 0 aliphatic heterocycles. The van der Waals surface area contributed by atoms with Crippen molar-refractivity contribution in [2.45, 2.75) is 41.5 Å². The lowest BCUT2D eigenvalue weighted by Gasteiger charge is -2.19. The molecule has 0 heterocycles. The first-order valence-electron chi connectivity index (χ1n) is 33.8. The van der Waals surface area contributed by atoms with E-state index in [0.29, 0.717) is 0 Å². The van der Waals surface area contributed by atoms with Gasteiger partial charge in [0.2, 0.25) is 0 Å². The molecule has 21 aromatic carbocycles. The normalized spacial score (nSPS) is 12.1. The van der Waals surface area contributed by atoms with Crippen molar-refractivity contribution in [3.05, 3.63) is 325 Å². The summed E-state index contributed by atoms with van der Waals surface area (Å²) in [7, 11) is 0. The maximum atomic E-state index is 2.43. The minimum absolute atomic E-state index is 1.29. The second-order valence-electron chi connectivity index (χ2n) is 27.4. The second kappa shape index (κ2) is 21.4. The molecule has 0 nitrogen and oxygen atoms in total. The van der Waals surface area contributed by atoms with Gasteiger partial charge in [0.15, 0.2) is 0 Å². The highest BCUT2D eigenvalue weighted by Gasteiger charge is 2.20. The van der Waals surface area contributed by atoms with Crippen LogP contribution in [0.3, 0.4) is 0 Å². The van der Waals surface area contributed by atoms with Crippen LogP contribution < -0.4 is 0 Å². The molecule has 0 saturated heterocycles. The smallest absolute Gasteiger partial charge is 0.00604 e. The van der Waals surface area contributed by atoms with Crippen LogP contribution in [0.4, 0.5) is 0 Å². The molecule has 0 atom stereocenters. The fourth-order valence-corrected chi connectivity index (χ4v) is 16.7. The Morgan fingerprint density at radius 3 is 0.594 bits per heavy atom. The number of fused-ring (bicyclic) bond motifs is 27. The van der Waals surface area contributed by atoms with Gasteiger partial charge in [-0.25, -0.2) is 0 Å². The molecule has 0 spiro atoms. The Labute approximate surface area is 556 Å². The minimum Gasteiger partial charge on any atom is -0.0616 e. The van der Waals surface area contributed by atoms with Gasteiger partial charge in [-0.3, -0.25) is 0 Å². The molecule has 96 heavy (non-hydrogen) atoms. The Morgan fingerprint density at radius 2 is 0.333 bits per heavy atom. The molecular formula is C96H66. The molecular weight excluding hydrogens is 1150 g/mol. The van der Waals surface area contributed by atoms with E-state index in [1.165, 1.54) is 227 Å². The minimum atomic E-state index is 1.29. The van der Waals surface area contributed by atoms with Crippen molar-refractivity contribution in [2.75, 3.05) is 0 Å². The topological polar surface area (TPSA) is 0 Å². The summed E-state index contributed by atoms with van der Waals surface area (Å²) in [4.78, 5) is 0. The first-order chi connectivity index (χ1) is 47.0. The lowest BCUT2D eigenvalue weighted by Crippen LogP contribution is -1.92. The molecule has 0 N–H and O–H groups in total. The Hall–Kier alpha value is -11.7. The van der Waals surface area contributed by atoms with Crippen LogP contribution in [-0.4, -0.2) is 0 Å². The Kier molecular flexibility index (Phi) is 12.5. The number of hydrogen-bond donors (Lipinski definition) is 0. The second-order valence-corrected chi connectivity index (χ2v) is 27.4. The van der Waals surface area contributed by atoms with Crippen molar-refractivity contribution >= 4 is 194 Å². The van der Waals surface area contributed by atoms with Crippen LogP contribution in [0.5, 0.6) is 0 Å². The molecule has 0 amide bonds. The van der Waals surface area contributed by atoms with Crippen molar-refractivity contribution in [3.8, 4) is 0 Å². The maximum Gasteiger partial charge on any atom is -0.00604 e. The van der Waals surface area contributed by atoms with Crippen LogP contribution in [0.25, 0.3) is 194 Å². The lowest BCUT2D eigenvalue weighted by atomic mass is 9.85. The van der Waals surface area contributed by atoms with E-state index < -0.39 is 0 Å². The molecule has 21 aromatic rings. The summed E-state index contributed by atoms with van der Waals surface area (Å²) in [5, 5.41) is 47.8. The van der Waals surface area contributed by atoms with Gasteiger partial charge in [0.25, 0.3) is 0 Å². The number of benzene rings is 21. The van der Waals surface area contributed by atoms with Gasteiger partial charge in [-0.1, -0.05) is 205 Å². The molecule has 0 saturated carbocycles. The zero-order valence-electron chi connectivity index (χ0n) is 54.7. The van der Waals surface area contributed by atoms with Crippen molar-refractivity contribution in [2.24, 2.45) is 0 Å². The average molecular weight is 1220 g/mol. The summed E-state index contributed by atoms with van der Waals surface area (Å²) in [6.07, 6.45) is 0. The lowest BCUT2D eigenvalue weighted by molar-refractivity contribution is 1.47. The third-order valence-corrected chi connectivity index (χ3v) is 21.6. The highest BCUT2D eigenvalue weighted by atomic mass is 14.2. The van der Waals surface area contributed by atoms with Gasteiger partial charge in [0.05, 0.1) is 0 Å². The summed E-state index contributed by atoms with van der Waals surface area (Å²) >= 11 is 0. The quantitative estimate of drug-likeness (QED) is 0.105. The van der Waals surface area contributed by atoms with E-state index in [1.54, 1.807) is 0 Å². The third-order valence-electron chi connectivity index (χ3n) is 21.6. The van der Waals surface area contributed by atoms with Crippen molar-refractivity contribution in [1.82, 2.24) is 0 Å². The fraction of sp³-hybridized carbons (Fsp3) is 0.0625. The largest absolute Gasteiger partial charge is 0.0616 e. The summed E-state index contributed by atoms with van der Waals surface area (Å²) in [5.74, 6) is 0.